The lowest BCUT2D eigenvalue weighted by atomic mass is 10.1. The van der Waals surface area contributed by atoms with Gasteiger partial charge in [-0.05, 0) is 31.0 Å². The Balaban J connectivity index is 1.57. The number of halogens is 1. The first kappa shape index (κ1) is 14.5. The van der Waals surface area contributed by atoms with Gasteiger partial charge in [0.25, 0.3) is 0 Å². The zero-order valence-electron chi connectivity index (χ0n) is 11.7. The average molecular weight is 352 g/mol. The molecule has 0 bridgehead atoms. The number of carbonyl (C=O) groups excluding carboxylic acids is 2. The molecule has 1 aromatic carbocycles. The highest BCUT2D eigenvalue weighted by atomic mass is 79.9. The number of hydrogen-bond acceptors (Lipinski definition) is 3. The molecule has 1 atom stereocenters. The molecular weight excluding hydrogens is 334 g/mol. The Bertz CT molecular complexity index is 570. The Kier molecular flexibility index (Phi) is 4.26. The van der Waals surface area contributed by atoms with E-state index in [0.717, 1.165) is 41.7 Å². The van der Waals surface area contributed by atoms with Gasteiger partial charge in [0.05, 0.1) is 0 Å². The lowest BCUT2D eigenvalue weighted by molar-refractivity contribution is -0.130. The summed E-state index contributed by atoms with van der Waals surface area (Å²) >= 11 is 3.42. The molecule has 5 nitrogen and oxygen atoms in total. The lowest BCUT2D eigenvalue weighted by Gasteiger charge is -2.16. The van der Waals surface area contributed by atoms with Gasteiger partial charge in [0.15, 0.2) is 0 Å². The van der Waals surface area contributed by atoms with E-state index in [0.29, 0.717) is 13.0 Å². The molecule has 1 fully saturated rings. The molecule has 21 heavy (non-hydrogen) atoms. The maximum absolute atomic E-state index is 12.0. The number of likely N-dealkylation sites (tertiary alicyclic amines) is 1. The zero-order valence-corrected chi connectivity index (χ0v) is 13.3. The number of nitrogens with one attached hydrogen (secondary N) is 2. The first-order chi connectivity index (χ1) is 10.1. The smallest absolute Gasteiger partial charge is 0.246 e. The van der Waals surface area contributed by atoms with Gasteiger partial charge in [-0.2, -0.15) is 0 Å². The first-order valence-corrected chi connectivity index (χ1v) is 8.06. The average Bonchev–Trinajstić information content (AvgIpc) is 3.08. The molecule has 0 aromatic heterocycles. The Morgan fingerprint density at radius 3 is 2.90 bits per heavy atom. The predicted octanol–water partition coefficient (Wildman–Crippen LogP) is 2.04. The fourth-order valence-corrected chi connectivity index (χ4v) is 3.26. The van der Waals surface area contributed by atoms with Crippen molar-refractivity contribution in [3.63, 3.8) is 0 Å². The minimum absolute atomic E-state index is 0.0586. The van der Waals surface area contributed by atoms with Gasteiger partial charge in [-0.3, -0.25) is 9.59 Å². The minimum Gasteiger partial charge on any atom is -0.343 e. The van der Waals surface area contributed by atoms with Crippen LogP contribution in [0.5, 0.6) is 0 Å². The van der Waals surface area contributed by atoms with E-state index in [2.05, 4.69) is 26.6 Å². The van der Waals surface area contributed by atoms with E-state index < -0.39 is 0 Å². The van der Waals surface area contributed by atoms with Gasteiger partial charge in [0.1, 0.15) is 6.04 Å². The fourth-order valence-electron chi connectivity index (χ4n) is 2.88. The molecule has 0 spiro atoms. The fraction of sp³-hybridized carbons (Fsp3) is 0.467. The van der Waals surface area contributed by atoms with Gasteiger partial charge in [-0.25, -0.2) is 0 Å². The predicted molar refractivity (Wildman–Crippen MR) is 83.9 cm³/mol. The standard InChI is InChI=1S/C15H18BrN3O2/c16-10-3-4-12-11(9-10)14(15(21)18-12)17-6-5-13(20)19-7-1-2-8-19/h3-4,9,14,17H,1-2,5-8H2,(H,18,21). The maximum atomic E-state index is 12.0. The van der Waals surface area contributed by atoms with Gasteiger partial charge in [-0.1, -0.05) is 15.9 Å². The third-order valence-electron chi connectivity index (χ3n) is 3.99. The van der Waals surface area contributed by atoms with Crippen LogP contribution in [0.1, 0.15) is 30.9 Å². The van der Waals surface area contributed by atoms with Crippen LogP contribution in [0, 0.1) is 0 Å². The number of carbonyl (C=O) groups is 2. The number of nitrogens with zero attached hydrogens (tertiary/aromatic N) is 1. The summed E-state index contributed by atoms with van der Waals surface area (Å²) in [7, 11) is 0. The van der Waals surface area contributed by atoms with Gasteiger partial charge in [0, 0.05) is 41.8 Å². The molecule has 1 saturated heterocycles. The van der Waals surface area contributed by atoms with Gasteiger partial charge >= 0.3 is 0 Å². The highest BCUT2D eigenvalue weighted by Crippen LogP contribution is 2.32. The molecule has 0 radical (unpaired) electrons. The highest BCUT2D eigenvalue weighted by molar-refractivity contribution is 9.10. The summed E-state index contributed by atoms with van der Waals surface area (Å²) in [6, 6.07) is 5.35. The van der Waals surface area contributed by atoms with Crippen LogP contribution in [-0.2, 0) is 9.59 Å². The molecule has 2 aliphatic heterocycles. The normalized spacial score (nSPS) is 20.5. The Hall–Kier alpha value is -1.40. The Labute approximate surface area is 132 Å². The molecule has 2 aliphatic rings. The largest absolute Gasteiger partial charge is 0.343 e. The van der Waals surface area contributed by atoms with E-state index in [-0.39, 0.29) is 17.9 Å². The van der Waals surface area contributed by atoms with Crippen LogP contribution in [0.4, 0.5) is 5.69 Å². The lowest BCUT2D eigenvalue weighted by Crippen LogP contribution is -2.33. The van der Waals surface area contributed by atoms with E-state index in [1.165, 1.54) is 0 Å². The first-order valence-electron chi connectivity index (χ1n) is 7.26. The molecule has 0 saturated carbocycles. The molecule has 1 unspecified atom stereocenters. The van der Waals surface area contributed by atoms with Crippen molar-refractivity contribution < 1.29 is 9.59 Å². The number of fused-ring (bicyclic) bond motifs is 1. The Morgan fingerprint density at radius 2 is 2.14 bits per heavy atom. The summed E-state index contributed by atoms with van der Waals surface area (Å²) in [6.45, 7) is 2.26. The van der Waals surface area contributed by atoms with E-state index in [9.17, 15) is 9.59 Å². The number of hydrogen-bond donors (Lipinski definition) is 2. The van der Waals surface area contributed by atoms with Crippen LogP contribution >= 0.6 is 15.9 Å². The summed E-state index contributed by atoms with van der Waals surface area (Å²) in [6.07, 6.45) is 2.64. The molecule has 2 amide bonds. The second-order valence-electron chi connectivity index (χ2n) is 5.45. The summed E-state index contributed by atoms with van der Waals surface area (Å²) in [5.41, 5.74) is 1.77. The molecule has 2 heterocycles. The van der Waals surface area contributed by atoms with Crippen molar-refractivity contribution in [3.8, 4) is 0 Å². The molecule has 112 valence electrons. The highest BCUT2D eigenvalue weighted by Gasteiger charge is 2.30. The van der Waals surface area contributed by atoms with Crippen LogP contribution in [0.3, 0.4) is 0 Å². The molecule has 6 heteroatoms. The number of amides is 2. The topological polar surface area (TPSA) is 61.4 Å². The number of anilines is 1. The number of benzene rings is 1. The van der Waals surface area contributed by atoms with Crippen molar-refractivity contribution in [2.24, 2.45) is 0 Å². The van der Waals surface area contributed by atoms with Crippen molar-refractivity contribution in [1.82, 2.24) is 10.2 Å². The number of rotatable bonds is 4. The third kappa shape index (κ3) is 3.11. The second-order valence-corrected chi connectivity index (χ2v) is 6.36. The van der Waals surface area contributed by atoms with Crippen molar-refractivity contribution in [3.05, 3.63) is 28.2 Å². The van der Waals surface area contributed by atoms with E-state index in [4.69, 9.17) is 0 Å². The van der Waals surface area contributed by atoms with Crippen molar-refractivity contribution >= 4 is 33.4 Å². The molecule has 1 aromatic rings. The summed E-state index contributed by atoms with van der Waals surface area (Å²) < 4.78 is 0.942. The van der Waals surface area contributed by atoms with Gasteiger partial charge in [-0.15, -0.1) is 0 Å². The van der Waals surface area contributed by atoms with Crippen molar-refractivity contribution in [1.29, 1.82) is 0 Å². The summed E-state index contributed by atoms with van der Waals surface area (Å²) in [5, 5.41) is 6.04. The molecule has 0 aliphatic carbocycles. The van der Waals surface area contributed by atoms with Crippen LogP contribution in [0.2, 0.25) is 0 Å². The Morgan fingerprint density at radius 1 is 1.38 bits per heavy atom. The van der Waals surface area contributed by atoms with E-state index in [1.54, 1.807) is 0 Å². The zero-order chi connectivity index (χ0) is 14.8. The quantitative estimate of drug-likeness (QED) is 0.872. The maximum Gasteiger partial charge on any atom is 0.246 e. The monoisotopic (exact) mass is 351 g/mol. The van der Waals surface area contributed by atoms with E-state index >= 15 is 0 Å². The van der Waals surface area contributed by atoms with Crippen LogP contribution in [0.25, 0.3) is 0 Å². The van der Waals surface area contributed by atoms with Crippen LogP contribution in [0.15, 0.2) is 22.7 Å². The van der Waals surface area contributed by atoms with Crippen LogP contribution < -0.4 is 10.6 Å². The molecule has 2 N–H and O–H groups in total. The van der Waals surface area contributed by atoms with E-state index in [1.807, 2.05) is 23.1 Å². The molecular formula is C15H18BrN3O2. The third-order valence-corrected chi connectivity index (χ3v) is 4.48. The molecule has 3 rings (SSSR count). The van der Waals surface area contributed by atoms with Crippen LogP contribution in [-0.4, -0.2) is 36.3 Å². The van der Waals surface area contributed by atoms with Crippen molar-refractivity contribution in [2.45, 2.75) is 25.3 Å². The SMILES string of the molecule is O=C1Nc2ccc(Br)cc2C1NCCC(=O)N1CCCC1. The second kappa shape index (κ2) is 6.15. The van der Waals surface area contributed by atoms with Crippen molar-refractivity contribution in [2.75, 3.05) is 25.0 Å². The van der Waals surface area contributed by atoms with Gasteiger partial charge < -0.3 is 15.5 Å². The van der Waals surface area contributed by atoms with Gasteiger partial charge in [0.2, 0.25) is 11.8 Å². The minimum atomic E-state index is -0.371. The summed E-state index contributed by atoms with van der Waals surface area (Å²) in [5.74, 6) is 0.115. The summed E-state index contributed by atoms with van der Waals surface area (Å²) in [4.78, 5) is 25.9.